The van der Waals surface area contributed by atoms with Gasteiger partial charge in [0.15, 0.2) is 5.96 Å². The molecule has 0 aliphatic rings. The smallest absolute Gasteiger partial charge is 0.326 e. The van der Waals surface area contributed by atoms with Crippen LogP contribution >= 0.6 is 0 Å². The maximum atomic E-state index is 13.3. The molecule has 18 nitrogen and oxygen atoms in total. The molecule has 0 aliphatic carbocycles. The second-order valence-electron chi connectivity index (χ2n) is 9.14. The molecule has 41 heavy (non-hydrogen) atoms. The first-order valence-corrected chi connectivity index (χ1v) is 12.6. The number of rotatable bonds is 18. The fraction of sp³-hybridized carbons (Fsp3) is 0.478. The molecule has 2 rings (SSSR count). The number of carboxylic acids is 1. The SMILES string of the molecule is NC(=O)CCC(NC(=O)C(N)Cc1cnc[nH]1)C(=O)NC(Cc1cnc[nH]1)C(=O)NC(CCCN=C(N)N)C(=O)O. The molecular formula is C23H36N12O6. The Morgan fingerprint density at radius 3 is 1.93 bits per heavy atom. The van der Waals surface area contributed by atoms with Crippen molar-refractivity contribution >= 4 is 35.6 Å². The van der Waals surface area contributed by atoms with E-state index in [2.05, 4.69) is 40.9 Å². The predicted molar refractivity (Wildman–Crippen MR) is 144 cm³/mol. The van der Waals surface area contributed by atoms with Gasteiger partial charge in [-0.25, -0.2) is 14.8 Å². The lowest BCUT2D eigenvalue weighted by Gasteiger charge is -2.25. The minimum absolute atomic E-state index is 0.00803. The normalized spacial score (nSPS) is 13.7. The number of carbonyl (C=O) groups is 5. The van der Waals surface area contributed by atoms with Gasteiger partial charge in [-0.05, 0) is 19.3 Å². The molecule has 18 heteroatoms. The number of aliphatic imine (C=N–C) groups is 1. The molecule has 0 saturated heterocycles. The highest BCUT2D eigenvalue weighted by molar-refractivity contribution is 5.94. The fourth-order valence-corrected chi connectivity index (χ4v) is 3.69. The largest absolute Gasteiger partial charge is 0.480 e. The van der Waals surface area contributed by atoms with Crippen LogP contribution in [-0.4, -0.2) is 91.3 Å². The lowest BCUT2D eigenvalue weighted by atomic mass is 10.1. The van der Waals surface area contributed by atoms with Gasteiger partial charge in [-0.1, -0.05) is 0 Å². The standard InChI is InChI=1S/C23H36N12O6/c24-14(6-12-8-28-10-31-12)19(37)33-15(3-4-18(25)36)20(38)35-17(7-13-9-29-11-32-13)21(39)34-16(22(40)41)2-1-5-30-23(26)27/h8-11,14-17H,1-7,24H2,(H2,25,36)(H,28,31)(H,29,32)(H,33,37)(H,34,39)(H,35,38)(H,40,41)(H4,26,27,30). The van der Waals surface area contributed by atoms with Gasteiger partial charge >= 0.3 is 5.97 Å². The first kappa shape index (κ1) is 32.2. The van der Waals surface area contributed by atoms with Crippen LogP contribution in [0.25, 0.3) is 0 Å². The zero-order valence-electron chi connectivity index (χ0n) is 22.2. The Bertz CT molecular complexity index is 1180. The van der Waals surface area contributed by atoms with Crippen LogP contribution in [0.15, 0.2) is 30.0 Å². The fourth-order valence-electron chi connectivity index (χ4n) is 3.69. The molecule has 2 aromatic rings. The zero-order valence-corrected chi connectivity index (χ0v) is 22.2. The van der Waals surface area contributed by atoms with E-state index >= 15 is 0 Å². The lowest BCUT2D eigenvalue weighted by Crippen LogP contribution is -2.58. The number of aliphatic carboxylic acids is 1. The van der Waals surface area contributed by atoms with E-state index in [-0.39, 0.29) is 51.0 Å². The van der Waals surface area contributed by atoms with Crippen LogP contribution in [0.2, 0.25) is 0 Å². The number of hydrogen-bond donors (Lipinski definition) is 10. The van der Waals surface area contributed by atoms with Crippen molar-refractivity contribution in [1.82, 2.24) is 35.9 Å². The summed E-state index contributed by atoms with van der Waals surface area (Å²) in [4.78, 5) is 79.5. The minimum Gasteiger partial charge on any atom is -0.480 e. The molecule has 4 atom stereocenters. The Hall–Kier alpha value is -5.00. The van der Waals surface area contributed by atoms with E-state index < -0.39 is 53.8 Å². The van der Waals surface area contributed by atoms with Crippen LogP contribution in [0, 0.1) is 0 Å². The second kappa shape index (κ2) is 16.2. The number of H-pyrrole nitrogens is 2. The van der Waals surface area contributed by atoms with Crippen LogP contribution in [0.3, 0.4) is 0 Å². The summed E-state index contributed by atoms with van der Waals surface area (Å²) in [6.45, 7) is 0.153. The maximum Gasteiger partial charge on any atom is 0.326 e. The molecular weight excluding hydrogens is 540 g/mol. The van der Waals surface area contributed by atoms with Gasteiger partial charge in [-0.2, -0.15) is 0 Å². The Morgan fingerprint density at radius 2 is 1.39 bits per heavy atom. The van der Waals surface area contributed by atoms with Gasteiger partial charge in [-0.15, -0.1) is 0 Å². The van der Waals surface area contributed by atoms with Crippen molar-refractivity contribution in [3.05, 3.63) is 36.4 Å². The van der Waals surface area contributed by atoms with Crippen molar-refractivity contribution in [2.45, 2.75) is 62.7 Å². The quantitative estimate of drug-likeness (QED) is 0.0464. The molecule has 0 saturated carbocycles. The summed E-state index contributed by atoms with van der Waals surface area (Å²) in [5, 5.41) is 17.0. The molecule has 0 spiro atoms. The summed E-state index contributed by atoms with van der Waals surface area (Å²) in [6.07, 6.45) is 5.56. The lowest BCUT2D eigenvalue weighted by molar-refractivity contribution is -0.142. The number of aromatic nitrogens is 4. The third-order valence-corrected chi connectivity index (χ3v) is 5.82. The summed E-state index contributed by atoms with van der Waals surface area (Å²) in [5.74, 6) is -4.47. The van der Waals surface area contributed by atoms with Crippen molar-refractivity contribution in [3.8, 4) is 0 Å². The van der Waals surface area contributed by atoms with Crippen LogP contribution < -0.4 is 38.9 Å². The number of imidazole rings is 2. The Kier molecular flexibility index (Phi) is 12.7. The highest BCUT2D eigenvalue weighted by atomic mass is 16.4. The second-order valence-corrected chi connectivity index (χ2v) is 9.14. The molecule has 0 aromatic carbocycles. The van der Waals surface area contributed by atoms with Crippen LogP contribution in [0.1, 0.15) is 37.1 Å². The number of aromatic amines is 2. The van der Waals surface area contributed by atoms with Crippen LogP contribution in [-0.2, 0) is 36.8 Å². The third-order valence-electron chi connectivity index (χ3n) is 5.82. The van der Waals surface area contributed by atoms with Crippen molar-refractivity contribution < 1.29 is 29.1 Å². The van der Waals surface area contributed by atoms with Gasteiger partial charge in [0.25, 0.3) is 0 Å². The van der Waals surface area contributed by atoms with Gasteiger partial charge < -0.3 is 54.0 Å². The Balaban J connectivity index is 2.16. The molecule has 224 valence electrons. The first-order chi connectivity index (χ1) is 19.5. The highest BCUT2D eigenvalue weighted by Crippen LogP contribution is 2.06. The summed E-state index contributed by atoms with van der Waals surface area (Å²) >= 11 is 0. The van der Waals surface area contributed by atoms with Crippen LogP contribution in [0.4, 0.5) is 0 Å². The zero-order chi connectivity index (χ0) is 30.4. The number of amides is 4. The number of nitrogens with zero attached hydrogens (tertiary/aromatic N) is 3. The van der Waals surface area contributed by atoms with Gasteiger partial charge in [0.2, 0.25) is 23.6 Å². The van der Waals surface area contributed by atoms with E-state index in [1.54, 1.807) is 0 Å². The number of hydrogen-bond acceptors (Lipinski definition) is 9. The third kappa shape index (κ3) is 11.7. The number of nitrogens with one attached hydrogen (secondary N) is 5. The molecule has 0 radical (unpaired) electrons. The summed E-state index contributed by atoms with van der Waals surface area (Å²) in [6, 6.07) is -4.92. The summed E-state index contributed by atoms with van der Waals surface area (Å²) in [7, 11) is 0. The number of primary amides is 1. The molecule has 0 fully saturated rings. The van der Waals surface area contributed by atoms with Gasteiger partial charge in [-0.3, -0.25) is 24.2 Å². The summed E-state index contributed by atoms with van der Waals surface area (Å²) < 4.78 is 0. The van der Waals surface area contributed by atoms with E-state index in [9.17, 15) is 29.1 Å². The number of nitrogens with two attached hydrogens (primary N) is 4. The monoisotopic (exact) mass is 576 g/mol. The van der Waals surface area contributed by atoms with E-state index in [0.717, 1.165) is 0 Å². The van der Waals surface area contributed by atoms with Crippen LogP contribution in [0.5, 0.6) is 0 Å². The molecule has 4 unspecified atom stereocenters. The van der Waals surface area contributed by atoms with E-state index in [0.29, 0.717) is 11.4 Å². The maximum absolute atomic E-state index is 13.3. The Morgan fingerprint density at radius 1 is 0.829 bits per heavy atom. The van der Waals surface area contributed by atoms with Gasteiger partial charge in [0.05, 0.1) is 18.7 Å². The molecule has 2 aromatic heterocycles. The van der Waals surface area contributed by atoms with Crippen molar-refractivity contribution in [2.75, 3.05) is 6.54 Å². The van der Waals surface area contributed by atoms with Crippen molar-refractivity contribution in [2.24, 2.45) is 27.9 Å². The van der Waals surface area contributed by atoms with Crippen molar-refractivity contribution in [1.29, 1.82) is 0 Å². The van der Waals surface area contributed by atoms with E-state index in [1.807, 2.05) is 0 Å². The molecule has 0 bridgehead atoms. The number of carbonyl (C=O) groups excluding carboxylic acids is 4. The van der Waals surface area contributed by atoms with Crippen molar-refractivity contribution in [3.63, 3.8) is 0 Å². The topological polar surface area (TPSA) is 315 Å². The van der Waals surface area contributed by atoms with Gasteiger partial charge in [0.1, 0.15) is 18.1 Å². The molecule has 2 heterocycles. The average molecular weight is 577 g/mol. The number of carboxylic acid groups (broad SMARTS) is 1. The number of guanidine groups is 1. The highest BCUT2D eigenvalue weighted by Gasteiger charge is 2.31. The first-order valence-electron chi connectivity index (χ1n) is 12.6. The van der Waals surface area contributed by atoms with E-state index in [1.165, 1.54) is 25.0 Å². The van der Waals surface area contributed by atoms with Gasteiger partial charge in [0, 0.05) is 49.6 Å². The molecule has 4 amide bonds. The molecule has 0 aliphatic heterocycles. The van der Waals surface area contributed by atoms with E-state index in [4.69, 9.17) is 22.9 Å². The molecule has 14 N–H and O–H groups in total. The summed E-state index contributed by atoms with van der Waals surface area (Å²) in [5.41, 5.74) is 22.8. The predicted octanol–water partition coefficient (Wildman–Crippen LogP) is -3.90. The average Bonchev–Trinajstić information content (AvgIpc) is 3.61. The minimum atomic E-state index is -1.30. The Labute approximate surface area is 234 Å².